The zero-order chi connectivity index (χ0) is 18.5. The van der Waals surface area contributed by atoms with E-state index in [0.29, 0.717) is 5.56 Å². The van der Waals surface area contributed by atoms with Gasteiger partial charge in [0.05, 0.1) is 33.5 Å². The smallest absolute Gasteiger partial charge is 0.278 e. The van der Waals surface area contributed by atoms with Crippen molar-refractivity contribution in [2.45, 2.75) is 5.16 Å². The fourth-order valence-corrected chi connectivity index (χ4v) is 3.13. The van der Waals surface area contributed by atoms with Crippen molar-refractivity contribution < 1.29 is 9.72 Å². The minimum Gasteiger partial charge on any atom is -0.322 e. The van der Waals surface area contributed by atoms with E-state index in [2.05, 4.69) is 15.5 Å². The molecule has 0 radical (unpaired) electrons. The number of imidazole rings is 1. The number of benzene rings is 2. The van der Waals surface area contributed by atoms with Gasteiger partial charge in [0.25, 0.3) is 11.6 Å². The van der Waals surface area contributed by atoms with Crippen molar-refractivity contribution in [3.8, 4) is 0 Å². The van der Waals surface area contributed by atoms with Crippen LogP contribution in [0.5, 0.6) is 0 Å². The number of rotatable bonds is 6. The van der Waals surface area contributed by atoms with Crippen LogP contribution in [-0.2, 0) is 11.8 Å². The number of aromatic nitrogens is 2. The number of nitrogens with one attached hydrogen (secondary N) is 1. The second-order valence-corrected chi connectivity index (χ2v) is 6.28. The Bertz CT molecular complexity index is 999. The van der Waals surface area contributed by atoms with Gasteiger partial charge in [-0.25, -0.2) is 10.4 Å². The average Bonchev–Trinajstić information content (AvgIpc) is 2.96. The number of amides is 1. The molecule has 0 fully saturated rings. The molecule has 1 heterocycles. The molecule has 0 atom stereocenters. The van der Waals surface area contributed by atoms with E-state index >= 15 is 0 Å². The molecule has 26 heavy (non-hydrogen) atoms. The minimum atomic E-state index is -0.495. The van der Waals surface area contributed by atoms with Gasteiger partial charge in [0.1, 0.15) is 0 Å². The van der Waals surface area contributed by atoms with Crippen molar-refractivity contribution in [1.29, 1.82) is 0 Å². The number of nitro benzene ring substituents is 1. The summed E-state index contributed by atoms with van der Waals surface area (Å²) >= 11 is 1.29. The summed E-state index contributed by atoms with van der Waals surface area (Å²) in [4.78, 5) is 26.8. The van der Waals surface area contributed by atoms with Gasteiger partial charge in [-0.3, -0.25) is 14.9 Å². The highest BCUT2D eigenvalue weighted by Crippen LogP contribution is 2.22. The normalized spacial score (nSPS) is 11.1. The average molecular weight is 369 g/mol. The molecule has 0 unspecified atom stereocenters. The first-order valence-electron chi connectivity index (χ1n) is 7.66. The molecular weight excluding hydrogens is 354 g/mol. The van der Waals surface area contributed by atoms with Crippen LogP contribution in [0.1, 0.15) is 5.56 Å². The molecule has 0 aliphatic carbocycles. The number of nitro groups is 1. The molecule has 1 aromatic heterocycles. The Labute approximate surface area is 153 Å². The number of thioether (sulfide) groups is 1. The summed E-state index contributed by atoms with van der Waals surface area (Å²) in [6.07, 6.45) is 1.26. The number of carbonyl (C=O) groups excluding carboxylic acids is 1. The first-order chi connectivity index (χ1) is 12.6. The van der Waals surface area contributed by atoms with Crippen LogP contribution in [0.2, 0.25) is 0 Å². The van der Waals surface area contributed by atoms with Crippen molar-refractivity contribution in [1.82, 2.24) is 15.0 Å². The van der Waals surface area contributed by atoms with Gasteiger partial charge in [0.15, 0.2) is 5.16 Å². The van der Waals surface area contributed by atoms with Crippen molar-refractivity contribution in [2.24, 2.45) is 12.1 Å². The lowest BCUT2D eigenvalue weighted by atomic mass is 10.2. The quantitative estimate of drug-likeness (QED) is 0.311. The fourth-order valence-electron chi connectivity index (χ4n) is 2.35. The number of hydrogen-bond donors (Lipinski definition) is 1. The van der Waals surface area contributed by atoms with Gasteiger partial charge in [0, 0.05) is 13.1 Å². The van der Waals surface area contributed by atoms with Gasteiger partial charge < -0.3 is 4.57 Å². The molecule has 8 nitrogen and oxygen atoms in total. The summed E-state index contributed by atoms with van der Waals surface area (Å²) in [5, 5.41) is 15.4. The molecule has 3 rings (SSSR count). The van der Waals surface area contributed by atoms with Crippen molar-refractivity contribution >= 4 is 40.6 Å². The topological polar surface area (TPSA) is 102 Å². The van der Waals surface area contributed by atoms with Gasteiger partial charge in [0.2, 0.25) is 0 Å². The van der Waals surface area contributed by atoms with Gasteiger partial charge >= 0.3 is 0 Å². The third-order valence-corrected chi connectivity index (χ3v) is 4.63. The lowest BCUT2D eigenvalue weighted by Crippen LogP contribution is -2.20. The summed E-state index contributed by atoms with van der Waals surface area (Å²) in [5.74, 6) is -0.192. The second-order valence-electron chi connectivity index (χ2n) is 5.34. The molecule has 0 saturated carbocycles. The lowest BCUT2D eigenvalue weighted by molar-refractivity contribution is -0.385. The fraction of sp³-hybridized carbons (Fsp3) is 0.118. The van der Waals surface area contributed by atoms with Crippen LogP contribution >= 0.6 is 11.8 Å². The van der Waals surface area contributed by atoms with Gasteiger partial charge in [-0.1, -0.05) is 36.0 Å². The van der Waals surface area contributed by atoms with Crippen LogP contribution in [0, 0.1) is 10.1 Å². The number of carbonyl (C=O) groups is 1. The second kappa shape index (κ2) is 7.79. The highest BCUT2D eigenvalue weighted by molar-refractivity contribution is 7.99. The molecule has 0 saturated heterocycles. The largest absolute Gasteiger partial charge is 0.322 e. The standard InChI is InChI=1S/C17H15N5O3S/c1-21-15-9-5-3-7-13(15)19-17(21)26-11-16(23)20-18-10-12-6-2-4-8-14(12)22(24)25/h2-10H,11H2,1H3,(H,20,23). The van der Waals surface area contributed by atoms with Crippen LogP contribution in [0.4, 0.5) is 5.69 Å². The van der Waals surface area contributed by atoms with E-state index < -0.39 is 4.92 Å². The van der Waals surface area contributed by atoms with Crippen molar-refractivity contribution in [2.75, 3.05) is 5.75 Å². The van der Waals surface area contributed by atoms with Crippen LogP contribution in [0.25, 0.3) is 11.0 Å². The van der Waals surface area contributed by atoms with E-state index in [0.717, 1.165) is 16.2 Å². The Hall–Kier alpha value is -3.20. The summed E-state index contributed by atoms with van der Waals surface area (Å²) in [6, 6.07) is 13.9. The van der Waals surface area contributed by atoms with Crippen molar-refractivity contribution in [3.05, 3.63) is 64.2 Å². The van der Waals surface area contributed by atoms with E-state index in [-0.39, 0.29) is 17.3 Å². The van der Waals surface area contributed by atoms with E-state index in [9.17, 15) is 14.9 Å². The number of hydrogen-bond acceptors (Lipinski definition) is 6. The maximum atomic E-state index is 11.9. The van der Waals surface area contributed by atoms with Crippen LogP contribution in [0.15, 0.2) is 58.8 Å². The Morgan fingerprint density at radius 2 is 2.04 bits per heavy atom. The Morgan fingerprint density at radius 1 is 1.31 bits per heavy atom. The van der Waals surface area contributed by atoms with Crippen LogP contribution in [0.3, 0.4) is 0 Å². The maximum Gasteiger partial charge on any atom is 0.278 e. The third kappa shape index (κ3) is 3.89. The van der Waals surface area contributed by atoms with Gasteiger partial charge in [-0.05, 0) is 18.2 Å². The third-order valence-electron chi connectivity index (χ3n) is 3.60. The van der Waals surface area contributed by atoms with E-state index in [1.165, 1.54) is 24.0 Å². The Morgan fingerprint density at radius 3 is 2.81 bits per heavy atom. The molecule has 0 aliphatic rings. The van der Waals surface area contributed by atoms with E-state index in [1.54, 1.807) is 18.2 Å². The maximum absolute atomic E-state index is 11.9. The summed E-state index contributed by atoms with van der Waals surface area (Å²) in [6.45, 7) is 0. The Kier molecular flexibility index (Phi) is 5.28. The number of para-hydroxylation sites is 3. The number of fused-ring (bicyclic) bond motifs is 1. The summed E-state index contributed by atoms with van der Waals surface area (Å²) < 4.78 is 1.92. The Balaban J connectivity index is 1.59. The molecule has 1 amide bonds. The predicted molar refractivity (Wildman–Crippen MR) is 100 cm³/mol. The molecule has 2 aromatic carbocycles. The van der Waals surface area contributed by atoms with Crippen molar-refractivity contribution in [3.63, 3.8) is 0 Å². The highest BCUT2D eigenvalue weighted by Gasteiger charge is 2.11. The first-order valence-corrected chi connectivity index (χ1v) is 8.64. The molecule has 0 bridgehead atoms. The summed E-state index contributed by atoms with van der Waals surface area (Å²) in [7, 11) is 1.89. The van der Waals surface area contributed by atoms with E-state index in [1.807, 2.05) is 35.9 Å². The first kappa shape index (κ1) is 17.6. The molecule has 9 heteroatoms. The van der Waals surface area contributed by atoms with Crippen LogP contribution < -0.4 is 5.43 Å². The summed E-state index contributed by atoms with van der Waals surface area (Å²) in [5.41, 5.74) is 4.48. The van der Waals surface area contributed by atoms with Crippen LogP contribution in [-0.4, -0.2) is 32.3 Å². The lowest BCUT2D eigenvalue weighted by Gasteiger charge is -2.01. The molecule has 1 N–H and O–H groups in total. The van der Waals surface area contributed by atoms with Gasteiger partial charge in [-0.2, -0.15) is 5.10 Å². The number of aryl methyl sites for hydroxylation is 1. The highest BCUT2D eigenvalue weighted by atomic mass is 32.2. The zero-order valence-corrected chi connectivity index (χ0v) is 14.6. The predicted octanol–water partition coefficient (Wildman–Crippen LogP) is 2.72. The number of nitrogens with zero attached hydrogens (tertiary/aromatic N) is 4. The van der Waals surface area contributed by atoms with E-state index in [4.69, 9.17) is 0 Å². The van der Waals surface area contributed by atoms with Gasteiger partial charge in [-0.15, -0.1) is 0 Å². The minimum absolute atomic E-state index is 0.0698. The zero-order valence-electron chi connectivity index (χ0n) is 13.8. The molecule has 0 aliphatic heterocycles. The molecule has 132 valence electrons. The molecular formula is C17H15N5O3S. The number of hydrazone groups is 1. The monoisotopic (exact) mass is 369 g/mol. The SMILES string of the molecule is Cn1c(SCC(=O)NN=Cc2ccccc2[N+](=O)[O-])nc2ccccc21. The molecule has 3 aromatic rings. The molecule has 0 spiro atoms.